The van der Waals surface area contributed by atoms with Crippen molar-refractivity contribution in [1.29, 1.82) is 0 Å². The Bertz CT molecular complexity index is 1090. The highest BCUT2D eigenvalue weighted by Crippen LogP contribution is 2.34. The Morgan fingerprint density at radius 3 is 1.72 bits per heavy atom. The largest absolute Gasteiger partial charge is 0.306 e. The smallest absolute Gasteiger partial charge is 0.151 e. The fourth-order valence-electron chi connectivity index (χ4n) is 6.67. The minimum absolute atomic E-state index is 0.0209. The van der Waals surface area contributed by atoms with Crippen molar-refractivity contribution in [3.05, 3.63) is 108 Å². The van der Waals surface area contributed by atoms with Gasteiger partial charge in [0.2, 0.25) is 0 Å². The monoisotopic (exact) mass is 524 g/mol. The van der Waals surface area contributed by atoms with Crippen molar-refractivity contribution < 1.29 is 4.79 Å². The van der Waals surface area contributed by atoms with Gasteiger partial charge in [0.25, 0.3) is 0 Å². The van der Waals surface area contributed by atoms with E-state index in [0.29, 0.717) is 5.92 Å². The maximum absolute atomic E-state index is 12.6. The average molecular weight is 525 g/mol. The van der Waals surface area contributed by atoms with E-state index in [0.717, 1.165) is 44.9 Å². The molecule has 39 heavy (non-hydrogen) atoms. The molecule has 5 heteroatoms. The third-order valence-electron chi connectivity index (χ3n) is 8.97. The Balaban J connectivity index is 1.27. The first-order valence-electron chi connectivity index (χ1n) is 14.6. The van der Waals surface area contributed by atoms with Crippen molar-refractivity contribution in [3.63, 3.8) is 0 Å². The molecule has 0 amide bonds. The van der Waals surface area contributed by atoms with Gasteiger partial charge in [0.15, 0.2) is 6.29 Å². The lowest BCUT2D eigenvalue weighted by Gasteiger charge is -2.44. The molecule has 2 unspecified atom stereocenters. The second-order valence-electron chi connectivity index (χ2n) is 11.4. The van der Waals surface area contributed by atoms with E-state index in [1.165, 1.54) is 42.6 Å². The van der Waals surface area contributed by atoms with E-state index in [2.05, 4.69) is 125 Å². The molecule has 0 aromatic heterocycles. The predicted octanol–water partition coefficient (Wildman–Crippen LogP) is 4.98. The molecule has 3 aromatic carbocycles. The molecule has 2 aliphatic heterocycles. The molecular formula is C34H44N4O. The number of likely N-dealkylation sites (N-methyl/N-ethyl adjacent to an activating group) is 1. The molecule has 206 valence electrons. The first kappa shape index (κ1) is 27.7. The molecule has 0 aliphatic carbocycles. The number of rotatable bonds is 10. The van der Waals surface area contributed by atoms with Crippen LogP contribution in [0.25, 0.3) is 0 Å². The van der Waals surface area contributed by atoms with Gasteiger partial charge in [-0.1, -0.05) is 91.0 Å². The van der Waals surface area contributed by atoms with Gasteiger partial charge in [-0.05, 0) is 68.6 Å². The van der Waals surface area contributed by atoms with Crippen molar-refractivity contribution in [3.8, 4) is 0 Å². The second-order valence-corrected chi connectivity index (χ2v) is 11.4. The topological polar surface area (TPSA) is 30.0 Å². The van der Waals surface area contributed by atoms with E-state index in [4.69, 9.17) is 0 Å². The van der Waals surface area contributed by atoms with Crippen LogP contribution in [0.5, 0.6) is 0 Å². The lowest BCUT2D eigenvalue weighted by Crippen LogP contribution is -2.57. The summed E-state index contributed by atoms with van der Waals surface area (Å²) >= 11 is 0. The van der Waals surface area contributed by atoms with E-state index >= 15 is 0 Å². The zero-order valence-corrected chi connectivity index (χ0v) is 23.6. The van der Waals surface area contributed by atoms with Crippen LogP contribution in [0.2, 0.25) is 0 Å². The van der Waals surface area contributed by atoms with Crippen LogP contribution in [-0.4, -0.2) is 92.0 Å². The minimum atomic E-state index is -0.267. The van der Waals surface area contributed by atoms with Gasteiger partial charge in [0.05, 0.1) is 6.04 Å². The number of piperidine rings is 1. The van der Waals surface area contributed by atoms with Gasteiger partial charge in [-0.15, -0.1) is 0 Å². The van der Waals surface area contributed by atoms with Crippen molar-refractivity contribution in [2.75, 3.05) is 59.9 Å². The van der Waals surface area contributed by atoms with Crippen molar-refractivity contribution in [1.82, 2.24) is 19.6 Å². The number of piperazine rings is 1. The molecule has 2 saturated heterocycles. The average Bonchev–Trinajstić information content (AvgIpc) is 2.99. The molecule has 0 N–H and O–H groups in total. The summed E-state index contributed by atoms with van der Waals surface area (Å²) in [5.41, 5.74) is 3.90. The molecular weight excluding hydrogens is 480 g/mol. The van der Waals surface area contributed by atoms with Crippen LogP contribution in [0.1, 0.15) is 41.5 Å². The van der Waals surface area contributed by atoms with Gasteiger partial charge < -0.3 is 14.6 Å². The number of benzene rings is 3. The highest BCUT2D eigenvalue weighted by molar-refractivity contribution is 5.57. The van der Waals surface area contributed by atoms with Crippen LogP contribution in [0.3, 0.4) is 0 Å². The first-order chi connectivity index (χ1) is 19.1. The van der Waals surface area contributed by atoms with Gasteiger partial charge in [0, 0.05) is 32.7 Å². The zero-order valence-electron chi connectivity index (χ0n) is 23.6. The van der Waals surface area contributed by atoms with E-state index in [-0.39, 0.29) is 12.2 Å². The fourth-order valence-corrected chi connectivity index (χ4v) is 6.67. The van der Waals surface area contributed by atoms with E-state index < -0.39 is 0 Å². The third kappa shape index (κ3) is 6.85. The fraction of sp³-hybridized carbons (Fsp3) is 0.441. The summed E-state index contributed by atoms with van der Waals surface area (Å²) in [5.74, 6) is 1.30. The van der Waals surface area contributed by atoms with Gasteiger partial charge in [-0.3, -0.25) is 9.80 Å². The van der Waals surface area contributed by atoms with E-state index in [1.54, 1.807) is 0 Å². The summed E-state index contributed by atoms with van der Waals surface area (Å²) in [6.45, 7) is 7.28. The Kier molecular flexibility index (Phi) is 9.59. The van der Waals surface area contributed by atoms with Crippen LogP contribution >= 0.6 is 0 Å². The second kappa shape index (κ2) is 13.5. The van der Waals surface area contributed by atoms with Crippen LogP contribution in [0.4, 0.5) is 0 Å². The van der Waals surface area contributed by atoms with E-state index in [1.807, 2.05) is 0 Å². The SMILES string of the molecule is CN1CCC(C(CN2CCN(C(C=O)N(C)C(c3ccccc3)c3ccccc3)CC2)c2ccccc2)CC1. The summed E-state index contributed by atoms with van der Waals surface area (Å²) in [6, 6.07) is 32.3. The van der Waals surface area contributed by atoms with Crippen molar-refractivity contribution in [2.45, 2.75) is 31.0 Å². The summed E-state index contributed by atoms with van der Waals surface area (Å²) < 4.78 is 0. The molecule has 3 aromatic rings. The standard InChI is InChI=1S/C34H44N4O/c1-35-20-18-29(19-21-35)32(28-12-6-3-7-13-28)26-37-22-24-38(25-23-37)33(27-39)36(2)34(30-14-8-4-9-15-30)31-16-10-5-11-17-31/h3-17,27,29,32-34H,18-26H2,1-2H3. The van der Waals surface area contributed by atoms with Crippen LogP contribution in [0.15, 0.2) is 91.0 Å². The normalized spacial score (nSPS) is 19.8. The maximum atomic E-state index is 12.6. The van der Waals surface area contributed by atoms with Crippen LogP contribution in [0, 0.1) is 5.92 Å². The molecule has 2 fully saturated rings. The Morgan fingerprint density at radius 1 is 0.744 bits per heavy atom. The molecule has 5 nitrogen and oxygen atoms in total. The minimum Gasteiger partial charge on any atom is -0.306 e. The van der Waals surface area contributed by atoms with Gasteiger partial charge in [-0.2, -0.15) is 0 Å². The van der Waals surface area contributed by atoms with E-state index in [9.17, 15) is 4.79 Å². The van der Waals surface area contributed by atoms with Gasteiger partial charge in [0.1, 0.15) is 6.17 Å². The quantitative estimate of drug-likeness (QED) is 0.349. The molecule has 0 saturated carbocycles. The van der Waals surface area contributed by atoms with Gasteiger partial charge >= 0.3 is 0 Å². The molecule has 2 heterocycles. The highest BCUT2D eigenvalue weighted by Gasteiger charge is 2.33. The predicted molar refractivity (Wildman–Crippen MR) is 160 cm³/mol. The molecule has 2 atom stereocenters. The number of carbonyl (C=O) groups is 1. The summed E-state index contributed by atoms with van der Waals surface area (Å²) in [6.07, 6.45) is 3.42. The maximum Gasteiger partial charge on any atom is 0.151 e. The highest BCUT2D eigenvalue weighted by atomic mass is 16.1. The number of hydrogen-bond donors (Lipinski definition) is 0. The molecule has 0 spiro atoms. The number of hydrogen-bond acceptors (Lipinski definition) is 5. The number of carbonyl (C=O) groups excluding carboxylic acids is 1. The zero-order chi connectivity index (χ0) is 27.0. The van der Waals surface area contributed by atoms with Gasteiger partial charge in [-0.25, -0.2) is 0 Å². The molecule has 0 bridgehead atoms. The lowest BCUT2D eigenvalue weighted by molar-refractivity contribution is -0.120. The lowest BCUT2D eigenvalue weighted by atomic mass is 9.79. The number of likely N-dealkylation sites (tertiary alicyclic amines) is 1. The number of aldehydes is 1. The third-order valence-corrected chi connectivity index (χ3v) is 8.97. The summed E-state index contributed by atoms with van der Waals surface area (Å²) in [5, 5.41) is 0. The Labute approximate surface area is 235 Å². The molecule has 5 rings (SSSR count). The summed E-state index contributed by atoms with van der Waals surface area (Å²) in [4.78, 5) is 22.3. The Hall–Kier alpha value is -2.83. The number of nitrogens with zero attached hydrogens (tertiary/aromatic N) is 4. The molecule has 2 aliphatic rings. The van der Waals surface area contributed by atoms with Crippen LogP contribution < -0.4 is 0 Å². The summed E-state index contributed by atoms with van der Waals surface area (Å²) in [7, 11) is 4.34. The Morgan fingerprint density at radius 2 is 1.23 bits per heavy atom. The first-order valence-corrected chi connectivity index (χ1v) is 14.6. The molecule has 0 radical (unpaired) electrons. The van der Waals surface area contributed by atoms with Crippen molar-refractivity contribution >= 4 is 6.29 Å². The van der Waals surface area contributed by atoms with Crippen molar-refractivity contribution in [2.24, 2.45) is 5.92 Å². The van der Waals surface area contributed by atoms with Crippen LogP contribution in [-0.2, 0) is 4.79 Å².